The Morgan fingerprint density at radius 1 is 1.40 bits per heavy atom. The number of amides is 1. The van der Waals surface area contributed by atoms with Crippen LogP contribution in [0, 0.1) is 5.92 Å². The van der Waals surface area contributed by atoms with Crippen LogP contribution in [0.25, 0.3) is 0 Å². The number of hydrogen-bond donors (Lipinski definition) is 2. The Kier molecular flexibility index (Phi) is 5.35. The van der Waals surface area contributed by atoms with Gasteiger partial charge in [0.1, 0.15) is 5.82 Å². The summed E-state index contributed by atoms with van der Waals surface area (Å²) in [6.45, 7) is 4.37. The SMILES string of the molecule is CCc1cc(C(=O)NCC2CCOCC2)cc(NC)n1. The van der Waals surface area contributed by atoms with Crippen molar-refractivity contribution in [2.45, 2.75) is 26.2 Å². The zero-order valence-electron chi connectivity index (χ0n) is 12.2. The molecule has 2 heterocycles. The van der Waals surface area contributed by atoms with Gasteiger partial charge in [0.05, 0.1) is 0 Å². The van der Waals surface area contributed by atoms with E-state index in [4.69, 9.17) is 4.74 Å². The minimum atomic E-state index is -0.0231. The lowest BCUT2D eigenvalue weighted by molar-refractivity contribution is 0.0642. The van der Waals surface area contributed by atoms with E-state index in [1.807, 2.05) is 20.0 Å². The van der Waals surface area contributed by atoms with Crippen molar-refractivity contribution < 1.29 is 9.53 Å². The fourth-order valence-corrected chi connectivity index (χ4v) is 2.32. The number of rotatable bonds is 5. The minimum absolute atomic E-state index is 0.0231. The number of aromatic nitrogens is 1. The number of carbonyl (C=O) groups excluding carboxylic acids is 1. The maximum Gasteiger partial charge on any atom is 0.251 e. The monoisotopic (exact) mass is 277 g/mol. The smallest absolute Gasteiger partial charge is 0.251 e. The summed E-state index contributed by atoms with van der Waals surface area (Å²) in [6.07, 6.45) is 2.87. The summed E-state index contributed by atoms with van der Waals surface area (Å²) in [6, 6.07) is 3.65. The molecule has 1 saturated heterocycles. The van der Waals surface area contributed by atoms with Gasteiger partial charge in [0, 0.05) is 38.1 Å². The number of nitrogens with zero attached hydrogens (tertiary/aromatic N) is 1. The van der Waals surface area contributed by atoms with Gasteiger partial charge in [0.25, 0.3) is 5.91 Å². The number of aryl methyl sites for hydroxylation is 1. The molecule has 1 aromatic heterocycles. The highest BCUT2D eigenvalue weighted by Crippen LogP contribution is 2.14. The van der Waals surface area contributed by atoms with E-state index in [2.05, 4.69) is 15.6 Å². The molecule has 0 unspecified atom stereocenters. The van der Waals surface area contributed by atoms with Crippen molar-refractivity contribution in [3.05, 3.63) is 23.4 Å². The first-order valence-corrected chi connectivity index (χ1v) is 7.27. The summed E-state index contributed by atoms with van der Waals surface area (Å²) < 4.78 is 5.32. The molecular weight excluding hydrogens is 254 g/mol. The standard InChI is InChI=1S/C15H23N3O2/c1-3-13-8-12(9-14(16-2)18-13)15(19)17-10-11-4-6-20-7-5-11/h8-9,11H,3-7,10H2,1-2H3,(H,16,18)(H,17,19). The molecule has 2 rings (SSSR count). The number of hydrogen-bond acceptors (Lipinski definition) is 4. The Morgan fingerprint density at radius 2 is 2.15 bits per heavy atom. The quantitative estimate of drug-likeness (QED) is 0.862. The van der Waals surface area contributed by atoms with Crippen molar-refractivity contribution in [1.82, 2.24) is 10.3 Å². The number of anilines is 1. The summed E-state index contributed by atoms with van der Waals surface area (Å²) >= 11 is 0. The third kappa shape index (κ3) is 3.93. The van der Waals surface area contributed by atoms with Crippen molar-refractivity contribution in [3.63, 3.8) is 0 Å². The van der Waals surface area contributed by atoms with E-state index < -0.39 is 0 Å². The molecule has 5 heteroatoms. The Morgan fingerprint density at radius 3 is 2.80 bits per heavy atom. The second-order valence-corrected chi connectivity index (χ2v) is 5.10. The predicted molar refractivity (Wildman–Crippen MR) is 79.0 cm³/mol. The Balaban J connectivity index is 1.97. The second-order valence-electron chi connectivity index (χ2n) is 5.10. The van der Waals surface area contributed by atoms with Gasteiger partial charge in [-0.15, -0.1) is 0 Å². The molecule has 1 amide bonds. The van der Waals surface area contributed by atoms with Crippen LogP contribution in [0.15, 0.2) is 12.1 Å². The highest BCUT2D eigenvalue weighted by Gasteiger charge is 2.15. The van der Waals surface area contributed by atoms with E-state index in [1.54, 1.807) is 6.07 Å². The second kappa shape index (κ2) is 7.24. The van der Waals surface area contributed by atoms with Gasteiger partial charge in [-0.25, -0.2) is 4.98 Å². The van der Waals surface area contributed by atoms with Crippen LogP contribution in [0.3, 0.4) is 0 Å². The highest BCUT2D eigenvalue weighted by molar-refractivity contribution is 5.95. The van der Waals surface area contributed by atoms with E-state index in [-0.39, 0.29) is 5.91 Å². The molecule has 0 saturated carbocycles. The van der Waals surface area contributed by atoms with Gasteiger partial charge < -0.3 is 15.4 Å². The van der Waals surface area contributed by atoms with Crippen LogP contribution >= 0.6 is 0 Å². The maximum atomic E-state index is 12.2. The van der Waals surface area contributed by atoms with Crippen LogP contribution in [-0.2, 0) is 11.2 Å². The van der Waals surface area contributed by atoms with Gasteiger partial charge in [-0.3, -0.25) is 4.79 Å². The number of pyridine rings is 1. The first-order valence-electron chi connectivity index (χ1n) is 7.27. The average molecular weight is 277 g/mol. The summed E-state index contributed by atoms with van der Waals surface area (Å²) in [5, 5.41) is 6.02. The van der Waals surface area contributed by atoms with Gasteiger partial charge >= 0.3 is 0 Å². The van der Waals surface area contributed by atoms with Crippen molar-refractivity contribution in [2.24, 2.45) is 5.92 Å². The van der Waals surface area contributed by atoms with E-state index in [1.165, 1.54) is 0 Å². The van der Waals surface area contributed by atoms with E-state index in [0.29, 0.717) is 11.5 Å². The van der Waals surface area contributed by atoms with E-state index >= 15 is 0 Å². The number of ether oxygens (including phenoxy) is 1. The van der Waals surface area contributed by atoms with Crippen molar-refractivity contribution in [3.8, 4) is 0 Å². The first kappa shape index (κ1) is 14.8. The molecule has 0 spiro atoms. The number of nitrogens with one attached hydrogen (secondary N) is 2. The molecule has 1 fully saturated rings. The molecule has 0 radical (unpaired) electrons. The Hall–Kier alpha value is -1.62. The van der Waals surface area contributed by atoms with Crippen LogP contribution in [0.2, 0.25) is 0 Å². The first-order chi connectivity index (χ1) is 9.72. The molecule has 1 aromatic rings. The van der Waals surface area contributed by atoms with Crippen molar-refractivity contribution in [2.75, 3.05) is 32.1 Å². The van der Waals surface area contributed by atoms with E-state index in [0.717, 1.165) is 50.5 Å². The molecule has 20 heavy (non-hydrogen) atoms. The van der Waals surface area contributed by atoms with Crippen LogP contribution in [0.1, 0.15) is 35.8 Å². The molecule has 2 N–H and O–H groups in total. The van der Waals surface area contributed by atoms with Crippen molar-refractivity contribution in [1.29, 1.82) is 0 Å². The van der Waals surface area contributed by atoms with Gasteiger partial charge in [-0.1, -0.05) is 6.92 Å². The largest absolute Gasteiger partial charge is 0.381 e. The molecule has 1 aliphatic rings. The van der Waals surface area contributed by atoms with Crippen LogP contribution in [0.4, 0.5) is 5.82 Å². The molecular formula is C15H23N3O2. The van der Waals surface area contributed by atoms with Gasteiger partial charge in [-0.05, 0) is 37.3 Å². The summed E-state index contributed by atoms with van der Waals surface area (Å²) in [5.74, 6) is 1.25. The zero-order chi connectivity index (χ0) is 14.4. The fourth-order valence-electron chi connectivity index (χ4n) is 2.32. The van der Waals surface area contributed by atoms with E-state index in [9.17, 15) is 4.79 Å². The molecule has 110 valence electrons. The fraction of sp³-hybridized carbons (Fsp3) is 0.600. The van der Waals surface area contributed by atoms with Gasteiger partial charge in [-0.2, -0.15) is 0 Å². The lowest BCUT2D eigenvalue weighted by atomic mass is 10.0. The van der Waals surface area contributed by atoms with Gasteiger partial charge in [0.2, 0.25) is 0 Å². The zero-order valence-corrected chi connectivity index (χ0v) is 12.2. The lowest BCUT2D eigenvalue weighted by Crippen LogP contribution is -2.32. The van der Waals surface area contributed by atoms with Crippen LogP contribution in [0.5, 0.6) is 0 Å². The van der Waals surface area contributed by atoms with Crippen molar-refractivity contribution >= 4 is 11.7 Å². The average Bonchev–Trinajstić information content (AvgIpc) is 2.52. The normalized spacial score (nSPS) is 15.9. The maximum absolute atomic E-state index is 12.2. The molecule has 0 aliphatic carbocycles. The predicted octanol–water partition coefficient (Wildman–Crippen LogP) is 1.84. The molecule has 1 aliphatic heterocycles. The summed E-state index contributed by atoms with van der Waals surface area (Å²) in [5.41, 5.74) is 1.60. The molecule has 0 atom stereocenters. The Labute approximate surface area is 120 Å². The Bertz CT molecular complexity index is 434. The summed E-state index contributed by atoms with van der Waals surface area (Å²) in [4.78, 5) is 16.6. The minimum Gasteiger partial charge on any atom is -0.381 e. The summed E-state index contributed by atoms with van der Waals surface area (Å²) in [7, 11) is 1.81. The molecule has 0 bridgehead atoms. The third-order valence-corrected chi connectivity index (χ3v) is 3.65. The number of carbonyl (C=O) groups is 1. The molecule has 5 nitrogen and oxygen atoms in total. The topological polar surface area (TPSA) is 63.2 Å². The van der Waals surface area contributed by atoms with Crippen LogP contribution in [-0.4, -0.2) is 37.7 Å². The van der Waals surface area contributed by atoms with Gasteiger partial charge in [0.15, 0.2) is 0 Å². The third-order valence-electron chi connectivity index (χ3n) is 3.65. The highest BCUT2D eigenvalue weighted by atomic mass is 16.5. The lowest BCUT2D eigenvalue weighted by Gasteiger charge is -2.22. The van der Waals surface area contributed by atoms with Crippen LogP contribution < -0.4 is 10.6 Å². The molecule has 0 aromatic carbocycles.